The van der Waals surface area contributed by atoms with Crippen LogP contribution in [0.3, 0.4) is 0 Å². The zero-order valence-electron chi connectivity index (χ0n) is 10.3. The number of benzene rings is 1. The third-order valence-corrected chi connectivity index (χ3v) is 4.30. The van der Waals surface area contributed by atoms with Gasteiger partial charge in [-0.05, 0) is 31.4 Å². The van der Waals surface area contributed by atoms with E-state index in [1.54, 1.807) is 11.3 Å². The van der Waals surface area contributed by atoms with Gasteiger partial charge in [0.1, 0.15) is 0 Å². The Balaban J connectivity index is 1.67. The van der Waals surface area contributed by atoms with Crippen molar-refractivity contribution in [2.45, 2.75) is 19.3 Å². The van der Waals surface area contributed by atoms with Gasteiger partial charge in [-0.3, -0.25) is 5.43 Å². The average molecular weight is 336 g/mol. The number of rotatable bonds is 4. The molecular weight excluding hydrogens is 322 g/mol. The molecule has 0 atom stereocenters. The van der Waals surface area contributed by atoms with Crippen molar-refractivity contribution in [3.05, 3.63) is 45.9 Å². The maximum absolute atomic E-state index is 4.57. The van der Waals surface area contributed by atoms with Crippen molar-refractivity contribution in [3.63, 3.8) is 0 Å². The van der Waals surface area contributed by atoms with Gasteiger partial charge in [0.05, 0.1) is 5.69 Å². The Kier molecular flexibility index (Phi) is 3.84. The Morgan fingerprint density at radius 1 is 1.16 bits per heavy atom. The molecule has 0 fully saturated rings. The molecule has 0 aliphatic heterocycles. The molecule has 1 aromatic heterocycles. The summed E-state index contributed by atoms with van der Waals surface area (Å²) >= 11 is 5.05. The molecule has 0 bridgehead atoms. The molecule has 1 aliphatic rings. The van der Waals surface area contributed by atoms with Crippen molar-refractivity contribution in [1.29, 1.82) is 0 Å². The first-order chi connectivity index (χ1) is 9.31. The Labute approximate surface area is 124 Å². The van der Waals surface area contributed by atoms with E-state index in [0.29, 0.717) is 0 Å². The topological polar surface area (TPSA) is 37.0 Å². The maximum Gasteiger partial charge on any atom is 0.202 e. The van der Waals surface area contributed by atoms with Gasteiger partial charge < -0.3 is 5.43 Å². The first kappa shape index (κ1) is 12.7. The van der Waals surface area contributed by atoms with Gasteiger partial charge in [0, 0.05) is 21.1 Å². The second kappa shape index (κ2) is 5.75. The third-order valence-electron chi connectivity index (χ3n) is 3.02. The van der Waals surface area contributed by atoms with Crippen LogP contribution >= 0.6 is 27.3 Å². The van der Waals surface area contributed by atoms with Crippen LogP contribution in [-0.4, -0.2) is 4.98 Å². The lowest BCUT2D eigenvalue weighted by atomic mass is 10.2. The quantitative estimate of drug-likeness (QED) is 0.804. The molecule has 0 saturated carbocycles. The molecule has 1 aromatic carbocycles. The molecule has 0 amide bonds. The maximum atomic E-state index is 4.57. The highest BCUT2D eigenvalue weighted by molar-refractivity contribution is 9.10. The summed E-state index contributed by atoms with van der Waals surface area (Å²) in [4.78, 5) is 4.57. The van der Waals surface area contributed by atoms with E-state index in [1.165, 1.54) is 18.5 Å². The average Bonchev–Trinajstić information content (AvgIpc) is 3.09. The van der Waals surface area contributed by atoms with Crippen LogP contribution in [0.1, 0.15) is 19.3 Å². The molecule has 19 heavy (non-hydrogen) atoms. The molecule has 5 heteroatoms. The van der Waals surface area contributed by atoms with Crippen LogP contribution < -0.4 is 10.9 Å². The Morgan fingerprint density at radius 2 is 2.00 bits per heavy atom. The number of hydrogen-bond donors (Lipinski definition) is 2. The number of thiazole rings is 1. The Hall–Kier alpha value is -1.33. The standard InChI is InChI=1S/C14H14BrN3S/c15-11-7-5-10(6-8-11)13-9-19-14(16-13)18-17-12-3-1-2-4-12/h3,5-9,17H,1-2,4H2,(H,16,18). The number of hydrazine groups is 1. The van der Waals surface area contributed by atoms with Crippen molar-refractivity contribution in [3.8, 4) is 11.3 Å². The van der Waals surface area contributed by atoms with Crippen molar-refractivity contribution in [2.75, 3.05) is 5.43 Å². The predicted octanol–water partition coefficient (Wildman–Crippen LogP) is 4.56. The zero-order valence-corrected chi connectivity index (χ0v) is 12.7. The SMILES string of the molecule is Brc1ccc(-c2csc(NNC3=CCCC3)n2)cc1. The number of halogens is 1. The zero-order chi connectivity index (χ0) is 13.1. The highest BCUT2D eigenvalue weighted by Gasteiger charge is 2.06. The van der Waals surface area contributed by atoms with Crippen molar-refractivity contribution < 1.29 is 0 Å². The van der Waals surface area contributed by atoms with E-state index in [4.69, 9.17) is 0 Å². The Morgan fingerprint density at radius 3 is 2.74 bits per heavy atom. The van der Waals surface area contributed by atoms with Crippen molar-refractivity contribution >= 4 is 32.4 Å². The van der Waals surface area contributed by atoms with Gasteiger partial charge in [-0.1, -0.05) is 34.1 Å². The number of nitrogens with zero attached hydrogens (tertiary/aromatic N) is 1. The van der Waals surface area contributed by atoms with E-state index < -0.39 is 0 Å². The van der Waals surface area contributed by atoms with E-state index in [1.807, 2.05) is 12.1 Å². The first-order valence-electron chi connectivity index (χ1n) is 6.24. The lowest BCUT2D eigenvalue weighted by Crippen LogP contribution is -2.19. The number of aromatic nitrogens is 1. The summed E-state index contributed by atoms with van der Waals surface area (Å²) in [5.74, 6) is 0. The molecule has 0 saturated heterocycles. The monoisotopic (exact) mass is 335 g/mol. The van der Waals surface area contributed by atoms with Crippen LogP contribution in [0.4, 0.5) is 5.13 Å². The highest BCUT2D eigenvalue weighted by atomic mass is 79.9. The fourth-order valence-corrected chi connectivity index (χ4v) is 2.94. The van der Waals surface area contributed by atoms with E-state index in [-0.39, 0.29) is 0 Å². The first-order valence-corrected chi connectivity index (χ1v) is 7.91. The largest absolute Gasteiger partial charge is 0.303 e. The lowest BCUT2D eigenvalue weighted by Gasteiger charge is -2.06. The predicted molar refractivity (Wildman–Crippen MR) is 83.9 cm³/mol. The molecule has 98 valence electrons. The molecular formula is C14H14BrN3S. The molecule has 1 aliphatic carbocycles. The summed E-state index contributed by atoms with van der Waals surface area (Å²) in [5, 5.41) is 2.96. The third kappa shape index (κ3) is 3.16. The van der Waals surface area contributed by atoms with Crippen LogP contribution in [-0.2, 0) is 0 Å². The minimum atomic E-state index is 0.894. The summed E-state index contributed by atoms with van der Waals surface area (Å²) in [7, 11) is 0. The van der Waals surface area contributed by atoms with Crippen LogP contribution in [0.2, 0.25) is 0 Å². The number of anilines is 1. The number of hydrogen-bond acceptors (Lipinski definition) is 4. The summed E-state index contributed by atoms with van der Waals surface area (Å²) in [6, 6.07) is 8.19. The second-order valence-corrected chi connectivity index (χ2v) is 6.19. The van der Waals surface area contributed by atoms with Crippen LogP contribution in [0.15, 0.2) is 45.9 Å². The fourth-order valence-electron chi connectivity index (χ4n) is 2.00. The van der Waals surface area contributed by atoms with Crippen LogP contribution in [0, 0.1) is 0 Å². The summed E-state index contributed by atoms with van der Waals surface area (Å²) in [6.45, 7) is 0. The summed E-state index contributed by atoms with van der Waals surface area (Å²) < 4.78 is 1.08. The minimum Gasteiger partial charge on any atom is -0.303 e. The van der Waals surface area contributed by atoms with Crippen LogP contribution in [0.5, 0.6) is 0 Å². The normalized spacial score (nSPS) is 14.3. The smallest absolute Gasteiger partial charge is 0.202 e. The number of nitrogens with one attached hydrogen (secondary N) is 2. The van der Waals surface area contributed by atoms with Gasteiger partial charge in [-0.15, -0.1) is 11.3 Å². The molecule has 0 radical (unpaired) electrons. The van der Waals surface area contributed by atoms with Gasteiger partial charge in [0.2, 0.25) is 5.13 Å². The molecule has 0 unspecified atom stereocenters. The molecule has 3 nitrogen and oxygen atoms in total. The van der Waals surface area contributed by atoms with Gasteiger partial charge >= 0.3 is 0 Å². The summed E-state index contributed by atoms with van der Waals surface area (Å²) in [6.07, 6.45) is 5.77. The molecule has 3 rings (SSSR count). The molecule has 2 aromatic rings. The van der Waals surface area contributed by atoms with E-state index >= 15 is 0 Å². The Bertz CT molecular complexity index is 589. The van der Waals surface area contributed by atoms with Crippen molar-refractivity contribution in [1.82, 2.24) is 10.4 Å². The molecule has 1 heterocycles. The molecule has 2 N–H and O–H groups in total. The van der Waals surface area contributed by atoms with E-state index in [0.717, 1.165) is 27.3 Å². The van der Waals surface area contributed by atoms with Gasteiger partial charge in [0.25, 0.3) is 0 Å². The number of allylic oxidation sites excluding steroid dienone is 2. The van der Waals surface area contributed by atoms with Gasteiger partial charge in [0.15, 0.2) is 0 Å². The highest BCUT2D eigenvalue weighted by Crippen LogP contribution is 2.26. The summed E-state index contributed by atoms with van der Waals surface area (Å²) in [5.41, 5.74) is 9.79. The fraction of sp³-hybridized carbons (Fsp3) is 0.214. The minimum absolute atomic E-state index is 0.894. The van der Waals surface area contributed by atoms with Gasteiger partial charge in [-0.25, -0.2) is 4.98 Å². The van der Waals surface area contributed by atoms with Crippen LogP contribution in [0.25, 0.3) is 11.3 Å². The van der Waals surface area contributed by atoms with Gasteiger partial charge in [-0.2, -0.15) is 0 Å². The van der Waals surface area contributed by atoms with E-state index in [9.17, 15) is 0 Å². The van der Waals surface area contributed by atoms with E-state index in [2.05, 4.69) is 55.4 Å². The second-order valence-electron chi connectivity index (χ2n) is 4.42. The van der Waals surface area contributed by atoms with Crippen molar-refractivity contribution in [2.24, 2.45) is 0 Å². The molecule has 0 spiro atoms. The lowest BCUT2D eigenvalue weighted by molar-refractivity contribution is 0.838.